The van der Waals surface area contributed by atoms with Gasteiger partial charge in [0, 0.05) is 19.1 Å². The van der Waals surface area contributed by atoms with Crippen molar-refractivity contribution in [1.29, 1.82) is 0 Å². The summed E-state index contributed by atoms with van der Waals surface area (Å²) in [6.45, 7) is 5.42. The summed E-state index contributed by atoms with van der Waals surface area (Å²) in [7, 11) is 2.89. The third kappa shape index (κ3) is 2.49. The van der Waals surface area contributed by atoms with E-state index in [1.54, 1.807) is 27.9 Å². The van der Waals surface area contributed by atoms with E-state index in [2.05, 4.69) is 0 Å². The van der Waals surface area contributed by atoms with Gasteiger partial charge in [-0.25, -0.2) is 9.59 Å². The number of likely N-dealkylation sites (tertiary alicyclic amines) is 1. The maximum atomic E-state index is 12.4. The zero-order chi connectivity index (χ0) is 15.1. The lowest BCUT2D eigenvalue weighted by Gasteiger charge is -2.37. The van der Waals surface area contributed by atoms with Gasteiger partial charge in [0.15, 0.2) is 6.04 Å². The van der Waals surface area contributed by atoms with Crippen molar-refractivity contribution in [3.63, 3.8) is 0 Å². The van der Waals surface area contributed by atoms with Crippen LogP contribution in [0.15, 0.2) is 0 Å². The number of nitrogens with zero attached hydrogens (tertiary/aromatic N) is 1. The zero-order valence-electron chi connectivity index (χ0n) is 12.7. The Morgan fingerprint density at radius 2 is 1.80 bits per heavy atom. The average Bonchev–Trinajstić information content (AvgIpc) is 2.53. The molecule has 1 aliphatic carbocycles. The number of carbonyl (C=O) groups is 2. The molecular formula is C14H23NO5. The number of hydrogen-bond acceptors (Lipinski definition) is 5. The van der Waals surface area contributed by atoms with Crippen LogP contribution in [0.2, 0.25) is 0 Å². The largest absolute Gasteiger partial charge is 0.467 e. The Bertz CT molecular complexity index is 403. The number of esters is 1. The number of methoxy groups -OCH3 is 2. The van der Waals surface area contributed by atoms with Gasteiger partial charge in [-0.05, 0) is 33.6 Å². The van der Waals surface area contributed by atoms with Crippen LogP contribution in [0.1, 0.15) is 33.6 Å². The maximum Gasteiger partial charge on any atom is 0.411 e. The standard InChI is InChI=1S/C14H23NO5/c1-14(2,3)20-13(17)15-9-7-6-8(9)11(18-4)10(15)12(16)19-5/h8-11H,6-7H2,1-5H3. The highest BCUT2D eigenvalue weighted by atomic mass is 16.6. The molecule has 4 atom stereocenters. The smallest absolute Gasteiger partial charge is 0.411 e. The fourth-order valence-electron chi connectivity index (χ4n) is 3.07. The van der Waals surface area contributed by atoms with Crippen LogP contribution in [0, 0.1) is 5.92 Å². The van der Waals surface area contributed by atoms with Crippen LogP contribution in [0.3, 0.4) is 0 Å². The molecule has 0 spiro atoms. The van der Waals surface area contributed by atoms with Crippen LogP contribution in [0.4, 0.5) is 4.79 Å². The number of hydrogen-bond donors (Lipinski definition) is 0. The van der Waals surface area contributed by atoms with Crippen LogP contribution in [0.5, 0.6) is 0 Å². The predicted molar refractivity (Wildman–Crippen MR) is 71.2 cm³/mol. The molecule has 1 saturated heterocycles. The van der Waals surface area contributed by atoms with E-state index in [4.69, 9.17) is 14.2 Å². The molecule has 1 amide bonds. The molecule has 6 nitrogen and oxygen atoms in total. The summed E-state index contributed by atoms with van der Waals surface area (Å²) in [4.78, 5) is 25.9. The highest BCUT2D eigenvalue weighted by Crippen LogP contribution is 2.45. The topological polar surface area (TPSA) is 65.1 Å². The van der Waals surface area contributed by atoms with Crippen LogP contribution in [0.25, 0.3) is 0 Å². The Hall–Kier alpha value is -1.30. The number of rotatable bonds is 2. The third-order valence-electron chi connectivity index (χ3n) is 4.00. The minimum Gasteiger partial charge on any atom is -0.467 e. The molecule has 0 aromatic rings. The molecule has 6 heteroatoms. The second-order valence-corrected chi connectivity index (χ2v) is 6.36. The first-order chi connectivity index (χ1) is 9.30. The van der Waals surface area contributed by atoms with Gasteiger partial charge in [-0.3, -0.25) is 4.90 Å². The van der Waals surface area contributed by atoms with Crippen molar-refractivity contribution in [1.82, 2.24) is 4.90 Å². The Morgan fingerprint density at radius 3 is 2.20 bits per heavy atom. The van der Waals surface area contributed by atoms with Gasteiger partial charge >= 0.3 is 12.1 Å². The molecular weight excluding hydrogens is 262 g/mol. The fourth-order valence-corrected chi connectivity index (χ4v) is 3.07. The van der Waals surface area contributed by atoms with Crippen molar-refractivity contribution in [2.24, 2.45) is 5.92 Å². The first kappa shape index (κ1) is 15.1. The molecule has 0 bridgehead atoms. The van der Waals surface area contributed by atoms with E-state index in [1.807, 2.05) is 0 Å². The van der Waals surface area contributed by atoms with Crippen LogP contribution in [-0.4, -0.2) is 55.0 Å². The SMILES string of the molecule is COC(=O)C1C(OC)C2CCC2N1C(=O)OC(C)(C)C. The van der Waals surface area contributed by atoms with Crippen LogP contribution < -0.4 is 0 Å². The molecule has 1 saturated carbocycles. The molecule has 0 aromatic carbocycles. The van der Waals surface area contributed by atoms with Gasteiger partial charge < -0.3 is 14.2 Å². The zero-order valence-corrected chi connectivity index (χ0v) is 12.7. The van der Waals surface area contributed by atoms with Gasteiger partial charge in [-0.15, -0.1) is 0 Å². The number of ether oxygens (including phenoxy) is 3. The monoisotopic (exact) mass is 285 g/mol. The lowest BCUT2D eigenvalue weighted by Crippen LogP contribution is -2.50. The molecule has 1 heterocycles. The van der Waals surface area contributed by atoms with Crippen LogP contribution in [-0.2, 0) is 19.0 Å². The van der Waals surface area contributed by atoms with Crippen molar-refractivity contribution in [2.75, 3.05) is 14.2 Å². The van der Waals surface area contributed by atoms with Crippen molar-refractivity contribution in [3.05, 3.63) is 0 Å². The summed E-state index contributed by atoms with van der Waals surface area (Å²) in [6.07, 6.45) is 1.05. The summed E-state index contributed by atoms with van der Waals surface area (Å²) in [5.41, 5.74) is -0.595. The molecule has 0 radical (unpaired) electrons. The Morgan fingerprint density at radius 1 is 1.15 bits per heavy atom. The second kappa shape index (κ2) is 5.24. The van der Waals surface area contributed by atoms with Gasteiger partial charge in [0.1, 0.15) is 5.60 Å². The predicted octanol–water partition coefficient (Wildman–Crippen LogP) is 1.57. The van der Waals surface area contributed by atoms with E-state index in [0.717, 1.165) is 12.8 Å². The van der Waals surface area contributed by atoms with Crippen molar-refractivity contribution in [3.8, 4) is 0 Å². The molecule has 0 N–H and O–H groups in total. The van der Waals surface area contributed by atoms with Crippen molar-refractivity contribution in [2.45, 2.75) is 57.4 Å². The quantitative estimate of drug-likeness (QED) is 0.721. The first-order valence-corrected chi connectivity index (χ1v) is 6.92. The first-order valence-electron chi connectivity index (χ1n) is 6.92. The maximum absolute atomic E-state index is 12.4. The second-order valence-electron chi connectivity index (χ2n) is 6.36. The van der Waals surface area contributed by atoms with Crippen molar-refractivity contribution < 1.29 is 23.8 Å². The van der Waals surface area contributed by atoms with Crippen molar-refractivity contribution >= 4 is 12.1 Å². The molecule has 4 unspecified atom stereocenters. The summed E-state index contributed by atoms with van der Waals surface area (Å²) < 4.78 is 15.7. The molecule has 1 aliphatic heterocycles. The van der Waals surface area contributed by atoms with E-state index < -0.39 is 23.7 Å². The summed E-state index contributed by atoms with van der Waals surface area (Å²) in [5.74, 6) is -0.256. The normalized spacial score (nSPS) is 32.4. The van der Waals surface area contributed by atoms with E-state index in [1.165, 1.54) is 12.0 Å². The summed E-state index contributed by atoms with van der Waals surface area (Å²) >= 11 is 0. The number of amides is 1. The Labute approximate surface area is 119 Å². The molecule has 0 aromatic heterocycles. The summed E-state index contributed by atoms with van der Waals surface area (Å²) in [5, 5.41) is 0. The minimum atomic E-state index is -0.711. The van der Waals surface area contributed by atoms with Gasteiger partial charge in [0.2, 0.25) is 0 Å². The highest BCUT2D eigenvalue weighted by Gasteiger charge is 2.59. The fraction of sp³-hybridized carbons (Fsp3) is 0.857. The van der Waals surface area contributed by atoms with Crippen LogP contribution >= 0.6 is 0 Å². The Kier molecular flexibility index (Phi) is 3.95. The lowest BCUT2D eigenvalue weighted by atomic mass is 9.78. The van der Waals surface area contributed by atoms with E-state index >= 15 is 0 Å². The van der Waals surface area contributed by atoms with Gasteiger partial charge in [0.05, 0.1) is 13.2 Å². The third-order valence-corrected chi connectivity index (χ3v) is 4.00. The van der Waals surface area contributed by atoms with E-state index in [0.29, 0.717) is 0 Å². The summed E-state index contributed by atoms with van der Waals surface area (Å²) in [6, 6.07) is -0.698. The molecule has 2 aliphatic rings. The van der Waals surface area contributed by atoms with Gasteiger partial charge in [-0.2, -0.15) is 0 Å². The molecule has 114 valence electrons. The average molecular weight is 285 g/mol. The number of fused-ring (bicyclic) bond motifs is 1. The number of carbonyl (C=O) groups excluding carboxylic acids is 2. The Balaban J connectivity index is 2.24. The van der Waals surface area contributed by atoms with E-state index in [9.17, 15) is 9.59 Å². The molecule has 2 rings (SSSR count). The minimum absolute atomic E-state index is 0.0129. The van der Waals surface area contributed by atoms with E-state index in [-0.39, 0.29) is 18.1 Å². The molecule has 2 fully saturated rings. The van der Waals surface area contributed by atoms with Gasteiger partial charge in [0.25, 0.3) is 0 Å². The highest BCUT2D eigenvalue weighted by molar-refractivity contribution is 5.83. The van der Waals surface area contributed by atoms with Gasteiger partial charge in [-0.1, -0.05) is 0 Å². The lowest BCUT2D eigenvalue weighted by molar-refractivity contribution is -0.149. The molecule has 20 heavy (non-hydrogen) atoms.